The van der Waals surface area contributed by atoms with Gasteiger partial charge in [-0.3, -0.25) is 14.4 Å². The fourth-order valence-corrected chi connectivity index (χ4v) is 6.30. The van der Waals surface area contributed by atoms with E-state index in [9.17, 15) is 37.1 Å². The smallest absolute Gasteiger partial charge is 0.389 e. The topological polar surface area (TPSA) is 114 Å². The van der Waals surface area contributed by atoms with Crippen molar-refractivity contribution in [1.29, 1.82) is 0 Å². The fourth-order valence-electron chi connectivity index (χ4n) is 6.30. The zero-order valence-corrected chi connectivity index (χ0v) is 21.7. The summed E-state index contributed by atoms with van der Waals surface area (Å²) >= 11 is 0. The molecule has 0 saturated heterocycles. The number of nitrogens with one attached hydrogen (secondary N) is 2. The van der Waals surface area contributed by atoms with E-state index in [1.54, 1.807) is 0 Å². The van der Waals surface area contributed by atoms with Gasteiger partial charge in [-0.15, -0.1) is 0 Å². The van der Waals surface area contributed by atoms with Crippen molar-refractivity contribution in [3.05, 3.63) is 23.5 Å². The van der Waals surface area contributed by atoms with Crippen molar-refractivity contribution in [2.45, 2.75) is 76.1 Å². The van der Waals surface area contributed by atoms with Gasteiger partial charge in [-0.05, 0) is 69.3 Å². The number of rotatable bonds is 10. The lowest BCUT2D eigenvalue weighted by atomic mass is 9.83. The van der Waals surface area contributed by atoms with Crippen LogP contribution in [0.2, 0.25) is 0 Å². The Morgan fingerprint density at radius 1 is 1.03 bits per heavy atom. The van der Waals surface area contributed by atoms with Gasteiger partial charge in [0.2, 0.25) is 5.91 Å². The van der Waals surface area contributed by atoms with Crippen molar-refractivity contribution in [1.82, 2.24) is 10.6 Å². The van der Waals surface area contributed by atoms with Crippen LogP contribution in [0.4, 0.5) is 17.6 Å². The maximum atomic E-state index is 14.8. The normalized spacial score (nSPS) is 28.1. The van der Waals surface area contributed by atoms with Gasteiger partial charge in [0.05, 0.1) is 30.6 Å². The summed E-state index contributed by atoms with van der Waals surface area (Å²) in [6.45, 7) is -0.103. The van der Waals surface area contributed by atoms with Crippen LogP contribution in [0.5, 0.6) is 11.5 Å². The largest absolute Gasteiger partial charge is 0.496 e. The average molecular weight is 559 g/mol. The van der Waals surface area contributed by atoms with E-state index in [0.29, 0.717) is 25.7 Å². The first kappa shape index (κ1) is 28.9. The second-order valence-corrected chi connectivity index (χ2v) is 10.8. The fraction of sp³-hybridized carbons (Fsp3) is 0.667. The molecule has 0 aromatic heterocycles. The lowest BCUT2D eigenvalue weighted by molar-refractivity contribution is -0.143. The van der Waals surface area contributed by atoms with Crippen molar-refractivity contribution in [3.63, 3.8) is 0 Å². The third-order valence-electron chi connectivity index (χ3n) is 8.27. The summed E-state index contributed by atoms with van der Waals surface area (Å²) < 4.78 is 63.2. The third kappa shape index (κ3) is 6.94. The van der Waals surface area contributed by atoms with Crippen molar-refractivity contribution in [3.8, 4) is 11.5 Å². The van der Waals surface area contributed by atoms with Gasteiger partial charge < -0.3 is 25.2 Å². The molecule has 2 bridgehead atoms. The standard InChI is InChI=1S/C27H34F4N2O6/c1-38-20-13-19(28)21(39-17-7-5-14(6-8-17)26(36)37)12-18(20)24(34)33-23-16-4-3-15(11-16)22(23)25(35)32-10-2-9-27(29,30)31/h12-17,22-23H,2-11H2,1H3,(H,32,35)(H,33,34)(H,36,37). The summed E-state index contributed by atoms with van der Waals surface area (Å²) in [5.74, 6) is -3.63. The Morgan fingerprint density at radius 2 is 1.72 bits per heavy atom. The van der Waals surface area contributed by atoms with E-state index in [2.05, 4.69) is 10.6 Å². The van der Waals surface area contributed by atoms with E-state index in [4.69, 9.17) is 9.47 Å². The van der Waals surface area contributed by atoms with Crippen molar-refractivity contribution in [2.75, 3.05) is 13.7 Å². The number of carboxylic acids is 1. The number of halogens is 4. The quantitative estimate of drug-likeness (QED) is 0.289. The molecule has 3 N–H and O–H groups in total. The molecule has 0 aliphatic heterocycles. The van der Waals surface area contributed by atoms with E-state index < -0.39 is 54.3 Å². The summed E-state index contributed by atoms with van der Waals surface area (Å²) in [6.07, 6.45) is -1.83. The molecule has 0 radical (unpaired) electrons. The van der Waals surface area contributed by atoms with Crippen LogP contribution < -0.4 is 20.1 Å². The molecule has 0 heterocycles. The molecule has 1 aromatic carbocycles. The van der Waals surface area contributed by atoms with Gasteiger partial charge in [0.15, 0.2) is 11.6 Å². The maximum absolute atomic E-state index is 14.8. The Kier molecular flexibility index (Phi) is 8.90. The predicted octanol–water partition coefficient (Wildman–Crippen LogP) is 4.46. The van der Waals surface area contributed by atoms with Crippen LogP contribution in [0.15, 0.2) is 12.1 Å². The minimum absolute atomic E-state index is 0.0109. The number of carboxylic acid groups (broad SMARTS) is 1. The Balaban J connectivity index is 1.43. The monoisotopic (exact) mass is 558 g/mol. The van der Waals surface area contributed by atoms with E-state index >= 15 is 0 Å². The van der Waals surface area contributed by atoms with Gasteiger partial charge in [0.25, 0.3) is 5.91 Å². The highest BCUT2D eigenvalue weighted by Gasteiger charge is 2.51. The molecule has 4 unspecified atom stereocenters. The molecule has 4 atom stereocenters. The number of alkyl halides is 3. The first-order valence-corrected chi connectivity index (χ1v) is 13.4. The summed E-state index contributed by atoms with van der Waals surface area (Å²) in [4.78, 5) is 37.5. The molecule has 12 heteroatoms. The molecule has 216 valence electrons. The van der Waals surface area contributed by atoms with Gasteiger partial charge in [0.1, 0.15) is 5.75 Å². The average Bonchev–Trinajstić information content (AvgIpc) is 3.49. The first-order valence-electron chi connectivity index (χ1n) is 13.4. The van der Waals surface area contributed by atoms with Gasteiger partial charge in [-0.1, -0.05) is 0 Å². The van der Waals surface area contributed by atoms with Gasteiger partial charge >= 0.3 is 12.1 Å². The molecule has 4 rings (SSSR count). The molecule has 2 amide bonds. The maximum Gasteiger partial charge on any atom is 0.389 e. The number of fused-ring (bicyclic) bond motifs is 2. The molecule has 3 aliphatic rings. The molecule has 0 spiro atoms. The van der Waals surface area contributed by atoms with Crippen LogP contribution in [-0.2, 0) is 9.59 Å². The number of methoxy groups -OCH3 is 1. The molecule has 39 heavy (non-hydrogen) atoms. The molecule has 1 aromatic rings. The summed E-state index contributed by atoms with van der Waals surface area (Å²) in [5.41, 5.74) is 0.0280. The number of hydrogen-bond donors (Lipinski definition) is 3. The Labute approximate surface area is 223 Å². The first-order chi connectivity index (χ1) is 18.5. The minimum atomic E-state index is -4.29. The van der Waals surface area contributed by atoms with Gasteiger partial charge in [0, 0.05) is 25.1 Å². The summed E-state index contributed by atoms with van der Waals surface area (Å²) in [5, 5.41) is 14.7. The number of carbonyl (C=O) groups is 3. The summed E-state index contributed by atoms with van der Waals surface area (Å²) in [7, 11) is 1.30. The summed E-state index contributed by atoms with van der Waals surface area (Å²) in [6, 6.07) is 1.80. The van der Waals surface area contributed by atoms with E-state index in [1.165, 1.54) is 13.2 Å². The number of amides is 2. The zero-order chi connectivity index (χ0) is 28.3. The molecule has 3 fully saturated rings. The van der Waals surface area contributed by atoms with Gasteiger partial charge in [-0.25, -0.2) is 4.39 Å². The Bertz CT molecular complexity index is 1070. The van der Waals surface area contributed by atoms with Gasteiger partial charge in [-0.2, -0.15) is 13.2 Å². The second kappa shape index (κ2) is 12.0. The van der Waals surface area contributed by atoms with Crippen LogP contribution in [0.25, 0.3) is 0 Å². The highest BCUT2D eigenvalue weighted by atomic mass is 19.4. The molecular formula is C27H34F4N2O6. The molecular weight excluding hydrogens is 524 g/mol. The number of aliphatic carboxylic acids is 1. The Morgan fingerprint density at radius 3 is 2.36 bits per heavy atom. The zero-order valence-electron chi connectivity index (χ0n) is 21.7. The van der Waals surface area contributed by atoms with Crippen LogP contribution in [0.1, 0.15) is 68.1 Å². The SMILES string of the molecule is COc1cc(F)c(OC2CCC(C(=O)O)CC2)cc1C(=O)NC1C2CCC(C2)C1C(=O)NCCCC(F)(F)F. The number of benzene rings is 1. The van der Waals surface area contributed by atoms with Crippen LogP contribution in [0.3, 0.4) is 0 Å². The molecule has 3 saturated carbocycles. The number of carbonyl (C=O) groups excluding carboxylic acids is 2. The highest BCUT2D eigenvalue weighted by Crippen LogP contribution is 2.49. The van der Waals surface area contributed by atoms with Crippen molar-refractivity contribution < 1.29 is 46.5 Å². The number of ether oxygens (including phenoxy) is 2. The van der Waals surface area contributed by atoms with E-state index in [0.717, 1.165) is 25.3 Å². The van der Waals surface area contributed by atoms with Crippen LogP contribution in [-0.4, -0.2) is 54.9 Å². The van der Waals surface area contributed by atoms with Crippen LogP contribution >= 0.6 is 0 Å². The van der Waals surface area contributed by atoms with Crippen molar-refractivity contribution >= 4 is 17.8 Å². The highest BCUT2D eigenvalue weighted by molar-refractivity contribution is 5.98. The third-order valence-corrected chi connectivity index (χ3v) is 8.27. The van der Waals surface area contributed by atoms with Crippen molar-refractivity contribution in [2.24, 2.45) is 23.7 Å². The van der Waals surface area contributed by atoms with E-state index in [1.807, 2.05) is 0 Å². The lowest BCUT2D eigenvalue weighted by Gasteiger charge is -2.31. The minimum Gasteiger partial charge on any atom is -0.496 e. The Hall–Kier alpha value is -3.05. The second-order valence-electron chi connectivity index (χ2n) is 10.8. The predicted molar refractivity (Wildman–Crippen MR) is 131 cm³/mol. The number of hydrogen-bond acceptors (Lipinski definition) is 5. The van der Waals surface area contributed by atoms with E-state index in [-0.39, 0.29) is 47.8 Å². The molecule has 3 aliphatic carbocycles. The van der Waals surface area contributed by atoms with Crippen LogP contribution in [0, 0.1) is 29.5 Å². The lowest BCUT2D eigenvalue weighted by Crippen LogP contribution is -2.50. The molecule has 8 nitrogen and oxygen atoms in total.